The van der Waals surface area contributed by atoms with E-state index in [1.807, 2.05) is 13.1 Å². The van der Waals surface area contributed by atoms with Gasteiger partial charge in [-0.25, -0.2) is 0 Å². The Kier molecular flexibility index (Phi) is 4.65. The summed E-state index contributed by atoms with van der Waals surface area (Å²) in [5.41, 5.74) is 0.980. The van der Waals surface area contributed by atoms with Crippen LogP contribution in [0.1, 0.15) is 19.8 Å². The first-order valence-electron chi connectivity index (χ1n) is 6.11. The molecule has 1 saturated heterocycles. The van der Waals surface area contributed by atoms with E-state index in [-0.39, 0.29) is 0 Å². The Morgan fingerprint density at radius 2 is 1.83 bits per heavy atom. The molecule has 2 unspecified atom stereocenters. The van der Waals surface area contributed by atoms with Crippen LogP contribution in [-0.4, -0.2) is 25.7 Å². The van der Waals surface area contributed by atoms with Crippen LogP contribution in [0, 0.1) is 0 Å². The maximum atomic E-state index is 6.27. The second-order valence-electron chi connectivity index (χ2n) is 4.77. The average Bonchev–Trinajstić information content (AvgIpc) is 2.34. The van der Waals surface area contributed by atoms with Crippen molar-refractivity contribution >= 4 is 40.5 Å². The van der Waals surface area contributed by atoms with Gasteiger partial charge in [0.05, 0.1) is 20.8 Å². The fourth-order valence-corrected chi connectivity index (χ4v) is 3.17. The van der Waals surface area contributed by atoms with Gasteiger partial charge in [0.1, 0.15) is 0 Å². The topological polar surface area (TPSA) is 15.3 Å². The number of piperidine rings is 1. The number of nitrogens with one attached hydrogen (secondary N) is 1. The summed E-state index contributed by atoms with van der Waals surface area (Å²) >= 11 is 18.3. The van der Waals surface area contributed by atoms with Gasteiger partial charge in [0.15, 0.2) is 0 Å². The zero-order valence-corrected chi connectivity index (χ0v) is 12.8. The number of hydrogen-bond acceptors (Lipinski definition) is 2. The third kappa shape index (κ3) is 2.88. The van der Waals surface area contributed by atoms with E-state index < -0.39 is 0 Å². The van der Waals surface area contributed by atoms with Crippen molar-refractivity contribution in [1.29, 1.82) is 0 Å². The first-order chi connectivity index (χ1) is 8.52. The molecule has 100 valence electrons. The zero-order chi connectivity index (χ0) is 13.3. The standard InChI is InChI=1S/C13H17Cl3N2/c1-8-5-9(17-2)3-4-18(8)13-7-11(15)10(14)6-12(13)16/h6-9,17H,3-5H2,1-2H3. The summed E-state index contributed by atoms with van der Waals surface area (Å²) < 4.78 is 0. The minimum atomic E-state index is 0.436. The number of benzene rings is 1. The molecule has 1 aromatic rings. The quantitative estimate of drug-likeness (QED) is 0.823. The van der Waals surface area contributed by atoms with Crippen molar-refractivity contribution < 1.29 is 0 Å². The molecule has 1 aliphatic rings. The second-order valence-corrected chi connectivity index (χ2v) is 5.99. The molecule has 1 fully saturated rings. The van der Waals surface area contributed by atoms with Crippen LogP contribution in [-0.2, 0) is 0 Å². The van der Waals surface area contributed by atoms with Crippen LogP contribution in [0.3, 0.4) is 0 Å². The van der Waals surface area contributed by atoms with Crippen LogP contribution in [0.4, 0.5) is 5.69 Å². The van der Waals surface area contributed by atoms with Crippen LogP contribution in [0.5, 0.6) is 0 Å². The normalized spacial score (nSPS) is 24.4. The zero-order valence-electron chi connectivity index (χ0n) is 10.5. The maximum Gasteiger partial charge on any atom is 0.0655 e. The lowest BCUT2D eigenvalue weighted by Crippen LogP contribution is -2.46. The van der Waals surface area contributed by atoms with E-state index in [2.05, 4.69) is 17.1 Å². The number of rotatable bonds is 2. The second kappa shape index (κ2) is 5.87. The third-order valence-corrected chi connectivity index (χ3v) is 4.61. The van der Waals surface area contributed by atoms with Crippen LogP contribution in [0.25, 0.3) is 0 Å². The highest BCUT2D eigenvalue weighted by Gasteiger charge is 2.26. The lowest BCUT2D eigenvalue weighted by molar-refractivity contribution is 0.387. The van der Waals surface area contributed by atoms with Crippen LogP contribution < -0.4 is 10.2 Å². The maximum absolute atomic E-state index is 6.27. The summed E-state index contributed by atoms with van der Waals surface area (Å²) in [6.07, 6.45) is 2.21. The molecule has 0 spiro atoms. The van der Waals surface area contributed by atoms with Crippen molar-refractivity contribution in [2.24, 2.45) is 0 Å². The highest BCUT2D eigenvalue weighted by molar-refractivity contribution is 6.44. The Hall–Kier alpha value is -0.150. The smallest absolute Gasteiger partial charge is 0.0655 e. The number of anilines is 1. The lowest BCUT2D eigenvalue weighted by atomic mass is 9.98. The van der Waals surface area contributed by atoms with Gasteiger partial charge < -0.3 is 10.2 Å². The van der Waals surface area contributed by atoms with E-state index in [0.29, 0.717) is 27.2 Å². The van der Waals surface area contributed by atoms with Gasteiger partial charge in [-0.3, -0.25) is 0 Å². The molecule has 0 aliphatic carbocycles. The minimum absolute atomic E-state index is 0.436. The molecule has 0 saturated carbocycles. The predicted octanol–water partition coefficient (Wildman–Crippen LogP) is 4.22. The van der Waals surface area contributed by atoms with E-state index in [1.165, 1.54) is 0 Å². The third-order valence-electron chi connectivity index (χ3n) is 3.58. The Labute approximate surface area is 123 Å². The van der Waals surface area contributed by atoms with Crippen molar-refractivity contribution in [1.82, 2.24) is 5.32 Å². The van der Waals surface area contributed by atoms with Crippen molar-refractivity contribution in [3.05, 3.63) is 27.2 Å². The molecule has 0 amide bonds. The molecule has 2 atom stereocenters. The summed E-state index contributed by atoms with van der Waals surface area (Å²) in [6.45, 7) is 3.19. The number of halogens is 3. The fourth-order valence-electron chi connectivity index (χ4n) is 2.52. The van der Waals surface area contributed by atoms with E-state index in [4.69, 9.17) is 34.8 Å². The molecule has 2 nitrogen and oxygen atoms in total. The molecule has 1 heterocycles. The van der Waals surface area contributed by atoms with Gasteiger partial charge in [0, 0.05) is 18.6 Å². The van der Waals surface area contributed by atoms with Crippen molar-refractivity contribution in [3.8, 4) is 0 Å². The first-order valence-corrected chi connectivity index (χ1v) is 7.24. The van der Waals surface area contributed by atoms with Gasteiger partial charge in [0.2, 0.25) is 0 Å². The predicted molar refractivity (Wildman–Crippen MR) is 80.4 cm³/mol. The summed E-state index contributed by atoms with van der Waals surface area (Å²) in [4.78, 5) is 2.30. The van der Waals surface area contributed by atoms with Gasteiger partial charge in [-0.1, -0.05) is 34.8 Å². The number of hydrogen-bond donors (Lipinski definition) is 1. The number of nitrogens with zero attached hydrogens (tertiary/aromatic N) is 1. The van der Waals surface area contributed by atoms with E-state index >= 15 is 0 Å². The van der Waals surface area contributed by atoms with E-state index in [0.717, 1.165) is 25.1 Å². The van der Waals surface area contributed by atoms with Crippen molar-refractivity contribution in [3.63, 3.8) is 0 Å². The van der Waals surface area contributed by atoms with Crippen LogP contribution in [0.15, 0.2) is 12.1 Å². The molecule has 1 aromatic carbocycles. The Bertz CT molecular complexity index is 436. The summed E-state index contributed by atoms with van der Waals surface area (Å²) in [5, 5.41) is 5.06. The first kappa shape index (κ1) is 14.3. The Balaban J connectivity index is 2.24. The molecular weight excluding hydrogens is 291 g/mol. The molecule has 0 bridgehead atoms. The molecule has 1 N–H and O–H groups in total. The molecule has 1 aliphatic heterocycles. The summed E-state index contributed by atoms with van der Waals surface area (Å²) in [7, 11) is 2.01. The van der Waals surface area contributed by atoms with Gasteiger partial charge in [-0.05, 0) is 38.9 Å². The molecule has 2 rings (SSSR count). The van der Waals surface area contributed by atoms with Crippen LogP contribution >= 0.6 is 34.8 Å². The molecular formula is C13H17Cl3N2. The molecule has 18 heavy (non-hydrogen) atoms. The van der Waals surface area contributed by atoms with Gasteiger partial charge in [-0.15, -0.1) is 0 Å². The van der Waals surface area contributed by atoms with Gasteiger partial charge >= 0.3 is 0 Å². The minimum Gasteiger partial charge on any atom is -0.367 e. The SMILES string of the molecule is CNC1CCN(c2cc(Cl)c(Cl)cc2Cl)C(C)C1. The average molecular weight is 308 g/mol. The lowest BCUT2D eigenvalue weighted by Gasteiger charge is -2.39. The summed E-state index contributed by atoms with van der Waals surface area (Å²) in [5.74, 6) is 0. The largest absolute Gasteiger partial charge is 0.367 e. The fraction of sp³-hybridized carbons (Fsp3) is 0.538. The molecule has 0 aromatic heterocycles. The van der Waals surface area contributed by atoms with Gasteiger partial charge in [-0.2, -0.15) is 0 Å². The molecule has 5 heteroatoms. The van der Waals surface area contributed by atoms with E-state index in [1.54, 1.807) is 6.07 Å². The Morgan fingerprint density at radius 1 is 1.17 bits per heavy atom. The van der Waals surface area contributed by atoms with E-state index in [9.17, 15) is 0 Å². The highest BCUT2D eigenvalue weighted by atomic mass is 35.5. The van der Waals surface area contributed by atoms with Crippen molar-refractivity contribution in [2.75, 3.05) is 18.5 Å². The summed E-state index contributed by atoms with van der Waals surface area (Å²) in [6, 6.07) is 4.60. The van der Waals surface area contributed by atoms with Gasteiger partial charge in [0.25, 0.3) is 0 Å². The van der Waals surface area contributed by atoms with Crippen LogP contribution in [0.2, 0.25) is 15.1 Å². The monoisotopic (exact) mass is 306 g/mol. The molecule has 0 radical (unpaired) electrons. The van der Waals surface area contributed by atoms with Crippen molar-refractivity contribution in [2.45, 2.75) is 31.8 Å². The highest BCUT2D eigenvalue weighted by Crippen LogP contribution is 2.37. The Morgan fingerprint density at radius 3 is 2.44 bits per heavy atom.